The highest BCUT2D eigenvalue weighted by Gasteiger charge is 2.43. The Morgan fingerprint density at radius 3 is 2.32 bits per heavy atom. The average Bonchev–Trinajstić information content (AvgIpc) is 3.02. The Bertz CT molecular complexity index is 333. The fourth-order valence-corrected chi connectivity index (χ4v) is 4.23. The second-order valence-electron chi connectivity index (χ2n) is 6.62. The Morgan fingerprint density at radius 2 is 1.68 bits per heavy atom. The number of aliphatic hydroxyl groups excluding tert-OH is 1. The summed E-state index contributed by atoms with van der Waals surface area (Å²) in [6.07, 6.45) is 8.75. The third-order valence-electron chi connectivity index (χ3n) is 5.48. The number of urea groups is 1. The van der Waals surface area contributed by atoms with Gasteiger partial charge in [-0.15, -0.1) is 0 Å². The van der Waals surface area contributed by atoms with E-state index in [1.54, 1.807) is 0 Å². The van der Waals surface area contributed by atoms with Crippen LogP contribution in [0, 0.1) is 5.92 Å². The number of likely N-dealkylation sites (N-methyl/N-ethyl adjacent to an activating group) is 1. The van der Waals surface area contributed by atoms with Crippen LogP contribution in [0.4, 0.5) is 4.79 Å². The molecule has 1 N–H and O–H groups in total. The molecule has 0 bridgehead atoms. The molecular formula is C15H26N2O2. The van der Waals surface area contributed by atoms with Crippen molar-refractivity contribution in [3.05, 3.63) is 0 Å². The van der Waals surface area contributed by atoms with Gasteiger partial charge in [-0.3, -0.25) is 0 Å². The molecule has 0 aromatic carbocycles. The van der Waals surface area contributed by atoms with Gasteiger partial charge in [0.2, 0.25) is 0 Å². The van der Waals surface area contributed by atoms with E-state index >= 15 is 0 Å². The number of hydrogen-bond donors (Lipinski definition) is 1. The lowest BCUT2D eigenvalue weighted by Crippen LogP contribution is -2.41. The van der Waals surface area contributed by atoms with E-state index in [2.05, 4.69) is 4.90 Å². The highest BCUT2D eigenvalue weighted by molar-refractivity contribution is 5.77. The van der Waals surface area contributed by atoms with Crippen LogP contribution in [0.3, 0.4) is 0 Å². The summed E-state index contributed by atoms with van der Waals surface area (Å²) in [4.78, 5) is 16.5. The predicted octanol–water partition coefficient (Wildman–Crippen LogP) is 2.22. The number of rotatable bonds is 2. The van der Waals surface area contributed by atoms with Crippen LogP contribution in [0.15, 0.2) is 0 Å². The van der Waals surface area contributed by atoms with E-state index in [1.165, 1.54) is 25.7 Å². The summed E-state index contributed by atoms with van der Waals surface area (Å²) in [7, 11) is 1.98. The van der Waals surface area contributed by atoms with Crippen LogP contribution >= 0.6 is 0 Å². The Labute approximate surface area is 115 Å². The van der Waals surface area contributed by atoms with Gasteiger partial charge >= 0.3 is 6.03 Å². The highest BCUT2D eigenvalue weighted by atomic mass is 16.3. The van der Waals surface area contributed by atoms with Crippen molar-refractivity contribution in [2.24, 2.45) is 5.92 Å². The second kappa shape index (κ2) is 5.31. The molecule has 2 amide bonds. The van der Waals surface area contributed by atoms with E-state index in [1.807, 2.05) is 11.9 Å². The Hall–Kier alpha value is -0.770. The lowest BCUT2D eigenvalue weighted by atomic mass is 9.91. The maximum atomic E-state index is 12.4. The van der Waals surface area contributed by atoms with Crippen molar-refractivity contribution in [3.8, 4) is 0 Å². The third-order valence-corrected chi connectivity index (χ3v) is 5.48. The molecular weight excluding hydrogens is 240 g/mol. The molecule has 1 unspecified atom stereocenters. The van der Waals surface area contributed by atoms with Gasteiger partial charge in [-0.1, -0.05) is 12.8 Å². The minimum atomic E-state index is -0.141. The maximum absolute atomic E-state index is 12.4. The van der Waals surface area contributed by atoms with Crippen molar-refractivity contribution in [2.75, 3.05) is 13.6 Å². The van der Waals surface area contributed by atoms with Crippen LogP contribution in [-0.4, -0.2) is 52.7 Å². The molecule has 0 spiro atoms. The van der Waals surface area contributed by atoms with E-state index < -0.39 is 0 Å². The SMILES string of the molecule is CN1C(=O)N(C2CCC(O)CC2)CC1C1CCCC1. The van der Waals surface area contributed by atoms with Crippen molar-refractivity contribution < 1.29 is 9.90 Å². The maximum Gasteiger partial charge on any atom is 0.320 e. The van der Waals surface area contributed by atoms with Gasteiger partial charge in [0.1, 0.15) is 0 Å². The zero-order valence-electron chi connectivity index (χ0n) is 11.9. The zero-order valence-corrected chi connectivity index (χ0v) is 11.9. The molecule has 1 atom stereocenters. The molecule has 3 fully saturated rings. The molecule has 0 aromatic rings. The summed E-state index contributed by atoms with van der Waals surface area (Å²) < 4.78 is 0. The predicted molar refractivity (Wildman–Crippen MR) is 73.9 cm³/mol. The van der Waals surface area contributed by atoms with E-state index in [4.69, 9.17) is 0 Å². The summed E-state index contributed by atoms with van der Waals surface area (Å²) in [6, 6.07) is 1.02. The van der Waals surface area contributed by atoms with Crippen molar-refractivity contribution in [1.29, 1.82) is 0 Å². The van der Waals surface area contributed by atoms with E-state index in [-0.39, 0.29) is 12.1 Å². The molecule has 19 heavy (non-hydrogen) atoms. The van der Waals surface area contributed by atoms with E-state index in [0.717, 1.165) is 32.2 Å². The summed E-state index contributed by atoms with van der Waals surface area (Å²) in [5, 5.41) is 9.60. The largest absolute Gasteiger partial charge is 0.393 e. The fourth-order valence-electron chi connectivity index (χ4n) is 4.23. The first kappa shape index (κ1) is 13.2. The highest BCUT2D eigenvalue weighted by Crippen LogP contribution is 2.35. The lowest BCUT2D eigenvalue weighted by molar-refractivity contribution is 0.0895. The fraction of sp³-hybridized carbons (Fsp3) is 0.933. The molecule has 1 saturated heterocycles. The Kier molecular flexibility index (Phi) is 3.70. The molecule has 1 aliphatic heterocycles. The monoisotopic (exact) mass is 266 g/mol. The Morgan fingerprint density at radius 1 is 1.05 bits per heavy atom. The van der Waals surface area contributed by atoms with Gasteiger partial charge in [0.15, 0.2) is 0 Å². The summed E-state index contributed by atoms with van der Waals surface area (Å²) in [5.74, 6) is 0.716. The summed E-state index contributed by atoms with van der Waals surface area (Å²) in [6.45, 7) is 0.917. The topological polar surface area (TPSA) is 43.8 Å². The first-order valence-electron chi connectivity index (χ1n) is 7.88. The molecule has 4 heteroatoms. The number of hydrogen-bond acceptors (Lipinski definition) is 2. The smallest absolute Gasteiger partial charge is 0.320 e. The van der Waals surface area contributed by atoms with Crippen LogP contribution in [0.2, 0.25) is 0 Å². The minimum Gasteiger partial charge on any atom is -0.393 e. The van der Waals surface area contributed by atoms with Crippen molar-refractivity contribution in [1.82, 2.24) is 9.80 Å². The number of carbonyl (C=O) groups is 1. The number of carbonyl (C=O) groups excluding carboxylic acids is 1. The first-order valence-corrected chi connectivity index (χ1v) is 7.88. The van der Waals surface area contributed by atoms with Crippen molar-refractivity contribution >= 4 is 6.03 Å². The second-order valence-corrected chi connectivity index (χ2v) is 6.62. The normalized spacial score (nSPS) is 37.4. The molecule has 1 heterocycles. The van der Waals surface area contributed by atoms with Crippen molar-refractivity contribution in [3.63, 3.8) is 0 Å². The average molecular weight is 266 g/mol. The lowest BCUT2D eigenvalue weighted by Gasteiger charge is -2.32. The van der Waals surface area contributed by atoms with Gasteiger partial charge in [0.25, 0.3) is 0 Å². The van der Waals surface area contributed by atoms with Gasteiger partial charge in [-0.05, 0) is 44.4 Å². The molecule has 2 saturated carbocycles. The van der Waals surface area contributed by atoms with Crippen LogP contribution in [0.5, 0.6) is 0 Å². The van der Waals surface area contributed by atoms with Gasteiger partial charge in [-0.2, -0.15) is 0 Å². The number of aliphatic hydroxyl groups is 1. The Balaban J connectivity index is 1.65. The van der Waals surface area contributed by atoms with Gasteiger partial charge in [0, 0.05) is 19.6 Å². The third kappa shape index (κ3) is 2.47. The van der Waals surface area contributed by atoms with Gasteiger partial charge in [-0.25, -0.2) is 4.79 Å². The molecule has 0 radical (unpaired) electrons. The molecule has 0 aromatic heterocycles. The zero-order chi connectivity index (χ0) is 13.4. The van der Waals surface area contributed by atoms with Gasteiger partial charge < -0.3 is 14.9 Å². The van der Waals surface area contributed by atoms with Crippen LogP contribution < -0.4 is 0 Å². The number of amides is 2. The molecule has 3 aliphatic rings. The van der Waals surface area contributed by atoms with E-state index in [0.29, 0.717) is 18.0 Å². The molecule has 108 valence electrons. The first-order chi connectivity index (χ1) is 9.16. The van der Waals surface area contributed by atoms with Gasteiger partial charge in [0.05, 0.1) is 12.1 Å². The minimum absolute atomic E-state index is 0.141. The standard InChI is InChI=1S/C15H26N2O2/c1-16-14(11-4-2-3-5-11)10-17(15(16)19)12-6-8-13(18)9-7-12/h11-14,18H,2-10H2,1H3. The molecule has 2 aliphatic carbocycles. The van der Waals surface area contributed by atoms with Crippen LogP contribution in [0.1, 0.15) is 51.4 Å². The number of nitrogens with zero attached hydrogens (tertiary/aromatic N) is 2. The molecule has 3 rings (SSSR count). The molecule has 4 nitrogen and oxygen atoms in total. The quantitative estimate of drug-likeness (QED) is 0.833. The van der Waals surface area contributed by atoms with Crippen LogP contribution in [0.25, 0.3) is 0 Å². The van der Waals surface area contributed by atoms with E-state index in [9.17, 15) is 9.90 Å². The summed E-state index contributed by atoms with van der Waals surface area (Å²) >= 11 is 0. The van der Waals surface area contributed by atoms with Crippen molar-refractivity contribution in [2.45, 2.75) is 69.6 Å². The van der Waals surface area contributed by atoms with Crippen LogP contribution in [-0.2, 0) is 0 Å². The summed E-state index contributed by atoms with van der Waals surface area (Å²) in [5.41, 5.74) is 0.